The van der Waals surface area contributed by atoms with Crippen molar-refractivity contribution in [3.05, 3.63) is 101 Å². The van der Waals surface area contributed by atoms with E-state index in [0.29, 0.717) is 18.3 Å². The first-order valence-corrected chi connectivity index (χ1v) is 16.2. The SMILES string of the molecule is CC1C(CN2CCCC2CN2CCCC2)OC(c2cccc(NC(=O)NCc3ccccc3)c2)OC1c1ccc(CO)cc1. The van der Waals surface area contributed by atoms with Crippen LogP contribution in [0.15, 0.2) is 78.9 Å². The molecule has 0 aromatic heterocycles. The van der Waals surface area contributed by atoms with E-state index in [1.165, 1.54) is 38.8 Å². The zero-order valence-corrected chi connectivity index (χ0v) is 25.7. The molecule has 0 bridgehead atoms. The minimum absolute atomic E-state index is 0.0157. The molecule has 2 amide bonds. The van der Waals surface area contributed by atoms with Gasteiger partial charge in [0.05, 0.1) is 18.8 Å². The molecule has 3 aromatic rings. The molecular weight excluding hydrogens is 552 g/mol. The Morgan fingerprint density at radius 3 is 2.43 bits per heavy atom. The maximum Gasteiger partial charge on any atom is 0.319 e. The van der Waals surface area contributed by atoms with Crippen LogP contribution in [0.4, 0.5) is 10.5 Å². The first-order chi connectivity index (χ1) is 21.6. The van der Waals surface area contributed by atoms with Crippen LogP contribution in [0.25, 0.3) is 0 Å². The summed E-state index contributed by atoms with van der Waals surface area (Å²) in [4.78, 5) is 18.0. The lowest BCUT2D eigenvalue weighted by molar-refractivity contribution is -0.276. The van der Waals surface area contributed by atoms with Gasteiger partial charge in [-0.25, -0.2) is 4.79 Å². The van der Waals surface area contributed by atoms with Crippen molar-refractivity contribution in [3.8, 4) is 0 Å². The molecule has 5 atom stereocenters. The molecule has 0 spiro atoms. The second-order valence-electron chi connectivity index (χ2n) is 12.5. The summed E-state index contributed by atoms with van der Waals surface area (Å²) in [5, 5.41) is 15.5. The molecule has 3 N–H and O–H groups in total. The van der Waals surface area contributed by atoms with Crippen molar-refractivity contribution in [1.82, 2.24) is 15.1 Å². The Morgan fingerprint density at radius 1 is 0.864 bits per heavy atom. The summed E-state index contributed by atoms with van der Waals surface area (Å²) in [6, 6.07) is 26.0. The van der Waals surface area contributed by atoms with Crippen LogP contribution < -0.4 is 10.6 Å². The van der Waals surface area contributed by atoms with Gasteiger partial charge >= 0.3 is 6.03 Å². The van der Waals surface area contributed by atoms with Gasteiger partial charge in [-0.3, -0.25) is 4.90 Å². The number of carbonyl (C=O) groups is 1. The normalized spacial score (nSPS) is 26.1. The fraction of sp³-hybridized carbons (Fsp3) is 0.472. The molecule has 3 aliphatic rings. The number of urea groups is 1. The highest BCUT2D eigenvalue weighted by molar-refractivity contribution is 5.89. The zero-order chi connectivity index (χ0) is 30.3. The average Bonchev–Trinajstić information content (AvgIpc) is 3.74. The van der Waals surface area contributed by atoms with E-state index in [9.17, 15) is 9.90 Å². The molecule has 8 nitrogen and oxygen atoms in total. The lowest BCUT2D eigenvalue weighted by Gasteiger charge is -2.43. The summed E-state index contributed by atoms with van der Waals surface area (Å²) >= 11 is 0. The summed E-state index contributed by atoms with van der Waals surface area (Å²) in [5.74, 6) is 0.129. The predicted molar refractivity (Wildman–Crippen MR) is 172 cm³/mol. The predicted octanol–water partition coefficient (Wildman–Crippen LogP) is 5.85. The summed E-state index contributed by atoms with van der Waals surface area (Å²) in [5.41, 5.74) is 4.56. The van der Waals surface area contributed by atoms with E-state index >= 15 is 0 Å². The van der Waals surface area contributed by atoms with Crippen molar-refractivity contribution in [2.75, 3.05) is 38.0 Å². The molecule has 6 rings (SSSR count). The molecular formula is C36H46N4O4. The Hall–Kier alpha value is -3.27. The molecule has 3 heterocycles. The van der Waals surface area contributed by atoms with Gasteiger partial charge in [0.1, 0.15) is 0 Å². The quantitative estimate of drug-likeness (QED) is 0.271. The smallest absolute Gasteiger partial charge is 0.319 e. The molecule has 44 heavy (non-hydrogen) atoms. The average molecular weight is 599 g/mol. The molecule has 3 aliphatic heterocycles. The van der Waals surface area contributed by atoms with Gasteiger partial charge in [0.2, 0.25) is 0 Å². The molecule has 3 fully saturated rings. The summed E-state index contributed by atoms with van der Waals surface area (Å²) < 4.78 is 13.5. The zero-order valence-electron chi connectivity index (χ0n) is 25.7. The monoisotopic (exact) mass is 598 g/mol. The molecule has 8 heteroatoms. The van der Waals surface area contributed by atoms with Crippen LogP contribution in [-0.2, 0) is 22.6 Å². The van der Waals surface area contributed by atoms with Gasteiger partial charge in [-0.2, -0.15) is 0 Å². The largest absolute Gasteiger partial charge is 0.392 e. The van der Waals surface area contributed by atoms with Crippen molar-refractivity contribution in [2.45, 2.75) is 70.3 Å². The minimum Gasteiger partial charge on any atom is -0.392 e. The van der Waals surface area contributed by atoms with Gasteiger partial charge in [0.15, 0.2) is 6.29 Å². The second kappa shape index (κ2) is 14.7. The number of carbonyl (C=O) groups excluding carboxylic acids is 1. The molecule has 0 radical (unpaired) electrons. The minimum atomic E-state index is -0.576. The Labute approximate surface area is 261 Å². The summed E-state index contributed by atoms with van der Waals surface area (Å²) in [7, 11) is 0. The lowest BCUT2D eigenvalue weighted by atomic mass is 9.90. The molecule has 234 valence electrons. The number of ether oxygens (including phenoxy) is 2. The third-order valence-corrected chi connectivity index (χ3v) is 9.42. The number of nitrogens with one attached hydrogen (secondary N) is 2. The maximum absolute atomic E-state index is 12.7. The number of nitrogens with zero attached hydrogens (tertiary/aromatic N) is 2. The Bertz CT molecular complexity index is 1350. The number of aliphatic hydroxyl groups excluding tert-OH is 1. The van der Waals surface area contributed by atoms with Crippen LogP contribution in [0.5, 0.6) is 0 Å². The van der Waals surface area contributed by atoms with E-state index in [-0.39, 0.29) is 30.8 Å². The van der Waals surface area contributed by atoms with Crippen molar-refractivity contribution >= 4 is 11.7 Å². The third kappa shape index (κ3) is 7.68. The van der Waals surface area contributed by atoms with Crippen LogP contribution in [-0.4, -0.2) is 65.8 Å². The second-order valence-corrected chi connectivity index (χ2v) is 12.5. The van der Waals surface area contributed by atoms with Crippen LogP contribution in [0.2, 0.25) is 0 Å². The Balaban J connectivity index is 1.18. The van der Waals surface area contributed by atoms with Crippen molar-refractivity contribution in [3.63, 3.8) is 0 Å². The number of amides is 2. The Kier molecular flexibility index (Phi) is 10.3. The fourth-order valence-corrected chi connectivity index (χ4v) is 6.88. The van der Waals surface area contributed by atoms with Gasteiger partial charge in [-0.15, -0.1) is 0 Å². The van der Waals surface area contributed by atoms with E-state index in [4.69, 9.17) is 9.47 Å². The number of aliphatic hydroxyl groups is 1. The van der Waals surface area contributed by atoms with E-state index in [1.807, 2.05) is 66.7 Å². The summed E-state index contributed by atoms with van der Waals surface area (Å²) in [6.45, 7) is 8.25. The van der Waals surface area contributed by atoms with Crippen molar-refractivity contribution < 1.29 is 19.4 Å². The van der Waals surface area contributed by atoms with Gasteiger partial charge in [-0.05, 0) is 74.1 Å². The van der Waals surface area contributed by atoms with Gasteiger partial charge in [-0.1, -0.05) is 73.7 Å². The van der Waals surface area contributed by atoms with Crippen molar-refractivity contribution in [1.29, 1.82) is 0 Å². The molecule has 5 unspecified atom stereocenters. The number of rotatable bonds is 10. The first-order valence-electron chi connectivity index (χ1n) is 16.2. The van der Waals surface area contributed by atoms with Crippen LogP contribution in [0, 0.1) is 5.92 Å². The number of likely N-dealkylation sites (tertiary alicyclic amines) is 2. The maximum atomic E-state index is 12.7. The number of anilines is 1. The van der Waals surface area contributed by atoms with E-state index < -0.39 is 6.29 Å². The molecule has 3 aromatic carbocycles. The highest BCUT2D eigenvalue weighted by Crippen LogP contribution is 2.42. The van der Waals surface area contributed by atoms with E-state index in [2.05, 4.69) is 39.5 Å². The van der Waals surface area contributed by atoms with Crippen molar-refractivity contribution in [2.24, 2.45) is 5.92 Å². The molecule has 0 saturated carbocycles. The standard InChI is InChI=1S/C36H46N4O4/c1-26-33(24-40-20-8-13-32(40)23-39-18-5-6-19-39)43-35(44-34(26)29-16-14-28(25-41)15-17-29)30-11-7-12-31(21-30)38-36(42)37-22-27-9-3-2-4-10-27/h2-4,7,9-12,14-17,21,26,32-35,41H,5-6,8,13,18-20,22-25H2,1H3,(H2,37,38,42). The highest BCUT2D eigenvalue weighted by Gasteiger charge is 2.41. The van der Waals surface area contributed by atoms with Gasteiger partial charge in [0.25, 0.3) is 0 Å². The number of benzene rings is 3. The van der Waals surface area contributed by atoms with Crippen LogP contribution >= 0.6 is 0 Å². The van der Waals surface area contributed by atoms with E-state index in [0.717, 1.165) is 41.9 Å². The topological polar surface area (TPSA) is 86.3 Å². The van der Waals surface area contributed by atoms with E-state index in [1.54, 1.807) is 0 Å². The lowest BCUT2D eigenvalue weighted by Crippen LogP contribution is -2.48. The molecule has 0 aliphatic carbocycles. The summed E-state index contributed by atoms with van der Waals surface area (Å²) in [6.07, 6.45) is 4.32. The van der Waals surface area contributed by atoms with Crippen LogP contribution in [0.3, 0.4) is 0 Å². The van der Waals surface area contributed by atoms with Crippen LogP contribution in [0.1, 0.15) is 67.3 Å². The highest BCUT2D eigenvalue weighted by atomic mass is 16.7. The fourth-order valence-electron chi connectivity index (χ4n) is 6.88. The third-order valence-electron chi connectivity index (χ3n) is 9.42. The van der Waals surface area contributed by atoms with Gasteiger partial charge < -0.3 is 30.1 Å². The number of hydrogen-bond donors (Lipinski definition) is 3. The first kappa shape index (κ1) is 30.7. The van der Waals surface area contributed by atoms with Gasteiger partial charge in [0, 0.05) is 42.8 Å². The number of hydrogen-bond acceptors (Lipinski definition) is 6. The molecule has 3 saturated heterocycles. The Morgan fingerprint density at radius 2 is 1.66 bits per heavy atom.